The van der Waals surface area contributed by atoms with Crippen LogP contribution >= 0.6 is 7.60 Å². The van der Waals surface area contributed by atoms with E-state index in [0.29, 0.717) is 5.56 Å². The fraction of sp³-hybridized carbons (Fsp3) is 0.500. The lowest BCUT2D eigenvalue weighted by atomic mass is 10.1. The summed E-state index contributed by atoms with van der Waals surface area (Å²) in [6.45, 7) is 1.61. The minimum atomic E-state index is -4.10. The minimum Gasteiger partial charge on any atom is -0.463 e. The summed E-state index contributed by atoms with van der Waals surface area (Å²) in [6, 6.07) is 3.26. The van der Waals surface area contributed by atoms with Gasteiger partial charge in [0, 0.05) is 33.0 Å². The van der Waals surface area contributed by atoms with E-state index in [0.717, 1.165) is 14.2 Å². The quantitative estimate of drug-likeness (QED) is 0.600. The van der Waals surface area contributed by atoms with Crippen LogP contribution < -0.4 is 0 Å². The third-order valence-corrected chi connectivity index (χ3v) is 4.92. The fourth-order valence-electron chi connectivity index (χ4n) is 1.69. The van der Waals surface area contributed by atoms with Crippen LogP contribution in [-0.2, 0) is 29.6 Å². The Hall–Kier alpha value is -1.27. The Morgan fingerprint density at radius 2 is 2.10 bits per heavy atom. The summed E-state index contributed by atoms with van der Waals surface area (Å²) in [5.74, 6) is -1.06. The smallest absolute Gasteiger partial charge is 0.373 e. The molecule has 1 aromatic heterocycles. The van der Waals surface area contributed by atoms with Crippen molar-refractivity contribution in [2.24, 2.45) is 0 Å². The van der Waals surface area contributed by atoms with Crippen molar-refractivity contribution in [1.29, 1.82) is 0 Å². The van der Waals surface area contributed by atoms with Crippen LogP contribution in [0.25, 0.3) is 0 Å². The Bertz CT molecular complexity index is 486. The molecule has 1 rings (SSSR count). The molecule has 0 aliphatic rings. The van der Waals surface area contributed by atoms with E-state index < -0.39 is 18.9 Å². The van der Waals surface area contributed by atoms with E-state index in [2.05, 4.69) is 4.98 Å². The van der Waals surface area contributed by atoms with Crippen molar-refractivity contribution in [2.45, 2.75) is 18.7 Å². The Kier molecular flexibility index (Phi) is 5.83. The van der Waals surface area contributed by atoms with Gasteiger partial charge in [-0.25, -0.2) is 4.79 Å². The van der Waals surface area contributed by atoms with Crippen LogP contribution in [0.15, 0.2) is 24.5 Å². The van der Waals surface area contributed by atoms with Crippen LogP contribution in [0.3, 0.4) is 0 Å². The summed E-state index contributed by atoms with van der Waals surface area (Å²) in [4.78, 5) is 15.9. The molecule has 20 heavy (non-hydrogen) atoms. The number of carbonyl (C=O) groups excluding carboxylic acids is 1. The van der Waals surface area contributed by atoms with Crippen LogP contribution in [0.4, 0.5) is 0 Å². The molecule has 0 saturated carbocycles. The van der Waals surface area contributed by atoms with Crippen LogP contribution in [0.2, 0.25) is 0 Å². The average Bonchev–Trinajstić information content (AvgIpc) is 2.47. The van der Waals surface area contributed by atoms with Crippen molar-refractivity contribution in [3.63, 3.8) is 0 Å². The van der Waals surface area contributed by atoms with E-state index >= 15 is 0 Å². The maximum absolute atomic E-state index is 12.5. The number of nitrogens with zero attached hydrogens (tertiary/aromatic N) is 1. The molecule has 1 unspecified atom stereocenters. The molecule has 0 saturated heterocycles. The van der Waals surface area contributed by atoms with Gasteiger partial charge >= 0.3 is 13.6 Å². The summed E-state index contributed by atoms with van der Waals surface area (Å²) >= 11 is 0. The minimum absolute atomic E-state index is 0.0294. The van der Waals surface area contributed by atoms with Gasteiger partial charge in [-0.05, 0) is 18.6 Å². The molecule has 7 nitrogen and oxygen atoms in total. The van der Waals surface area contributed by atoms with E-state index in [-0.39, 0.29) is 13.0 Å². The molecule has 0 aliphatic heterocycles. The lowest BCUT2D eigenvalue weighted by Crippen LogP contribution is -2.43. The molecule has 1 atom stereocenters. The third kappa shape index (κ3) is 3.24. The maximum Gasteiger partial charge on any atom is 0.373 e. The normalized spacial score (nSPS) is 14.6. The Morgan fingerprint density at radius 1 is 1.45 bits per heavy atom. The molecule has 0 spiro atoms. The highest BCUT2D eigenvalue weighted by atomic mass is 31.2. The number of aliphatic hydroxyl groups is 1. The summed E-state index contributed by atoms with van der Waals surface area (Å²) in [5.41, 5.74) is 0.498. The van der Waals surface area contributed by atoms with Gasteiger partial charge in [-0.3, -0.25) is 9.55 Å². The zero-order valence-corrected chi connectivity index (χ0v) is 12.5. The SMILES string of the molecule is CCOC(=O)C(O)(Cc1cccnc1)P(=O)(OC)OC. The van der Waals surface area contributed by atoms with Crippen LogP contribution in [0.1, 0.15) is 12.5 Å². The number of esters is 1. The van der Waals surface area contributed by atoms with Crippen LogP contribution in [-0.4, -0.2) is 42.2 Å². The molecule has 0 aromatic carbocycles. The predicted octanol–water partition coefficient (Wildman–Crippen LogP) is 1.36. The molecule has 1 aromatic rings. The second kappa shape index (κ2) is 6.95. The van der Waals surface area contributed by atoms with Gasteiger partial charge in [-0.2, -0.15) is 0 Å². The number of carbonyl (C=O) groups is 1. The average molecular weight is 303 g/mol. The second-order valence-electron chi connectivity index (χ2n) is 3.94. The number of rotatable bonds is 7. The second-order valence-corrected chi connectivity index (χ2v) is 6.40. The van der Waals surface area contributed by atoms with Gasteiger partial charge in [0.1, 0.15) is 0 Å². The van der Waals surface area contributed by atoms with Gasteiger partial charge in [-0.1, -0.05) is 6.07 Å². The first-order valence-electron chi connectivity index (χ1n) is 5.93. The molecule has 0 radical (unpaired) electrons. The molecule has 0 aliphatic carbocycles. The lowest BCUT2D eigenvalue weighted by Gasteiger charge is -2.30. The largest absolute Gasteiger partial charge is 0.463 e. The first kappa shape index (κ1) is 16.8. The van der Waals surface area contributed by atoms with Crippen molar-refractivity contribution in [2.75, 3.05) is 20.8 Å². The Balaban J connectivity index is 3.20. The standard InChI is InChI=1S/C12H18NO6P/c1-4-19-11(14)12(15,20(16,17-2)18-3)8-10-6-5-7-13-9-10/h5-7,9,15H,4,8H2,1-3H3. The van der Waals surface area contributed by atoms with Crippen LogP contribution in [0.5, 0.6) is 0 Å². The first-order chi connectivity index (χ1) is 9.43. The van der Waals surface area contributed by atoms with Gasteiger partial charge in [-0.15, -0.1) is 0 Å². The number of ether oxygens (including phenoxy) is 1. The lowest BCUT2D eigenvalue weighted by molar-refractivity contribution is -0.158. The van der Waals surface area contributed by atoms with E-state index in [1.807, 2.05) is 0 Å². The van der Waals surface area contributed by atoms with E-state index in [1.54, 1.807) is 25.3 Å². The Labute approximate surface area is 117 Å². The zero-order chi connectivity index (χ0) is 15.2. The summed E-state index contributed by atoms with van der Waals surface area (Å²) in [6.07, 6.45) is 2.69. The van der Waals surface area contributed by atoms with Crippen molar-refractivity contribution < 1.29 is 28.3 Å². The molecular weight excluding hydrogens is 285 g/mol. The van der Waals surface area contributed by atoms with Gasteiger partial charge in [0.2, 0.25) is 0 Å². The molecule has 112 valence electrons. The molecule has 1 heterocycles. The van der Waals surface area contributed by atoms with Crippen molar-refractivity contribution in [1.82, 2.24) is 4.98 Å². The molecule has 0 bridgehead atoms. The topological polar surface area (TPSA) is 95.0 Å². The molecule has 1 N–H and O–H groups in total. The van der Waals surface area contributed by atoms with Gasteiger partial charge in [0.15, 0.2) is 0 Å². The summed E-state index contributed by atoms with van der Waals surface area (Å²) in [5, 5.41) is 8.15. The number of aromatic nitrogens is 1. The molecule has 0 amide bonds. The van der Waals surface area contributed by atoms with Gasteiger partial charge in [0.05, 0.1) is 6.61 Å². The fourth-order valence-corrected chi connectivity index (χ4v) is 3.11. The maximum atomic E-state index is 12.5. The third-order valence-electron chi connectivity index (χ3n) is 2.71. The molecular formula is C12H18NO6P. The number of hydrogen-bond acceptors (Lipinski definition) is 7. The summed E-state index contributed by atoms with van der Waals surface area (Å²) in [7, 11) is -1.91. The van der Waals surface area contributed by atoms with E-state index in [4.69, 9.17) is 13.8 Å². The van der Waals surface area contributed by atoms with Gasteiger partial charge in [0.25, 0.3) is 5.34 Å². The number of pyridine rings is 1. The predicted molar refractivity (Wildman–Crippen MR) is 71.1 cm³/mol. The first-order valence-corrected chi connectivity index (χ1v) is 7.48. The van der Waals surface area contributed by atoms with E-state index in [1.165, 1.54) is 6.20 Å². The molecule has 0 fully saturated rings. The molecule has 8 heteroatoms. The Morgan fingerprint density at radius 3 is 2.55 bits per heavy atom. The zero-order valence-electron chi connectivity index (χ0n) is 11.6. The van der Waals surface area contributed by atoms with Crippen molar-refractivity contribution in [3.05, 3.63) is 30.1 Å². The summed E-state index contributed by atoms with van der Waals surface area (Å²) < 4.78 is 26.8. The van der Waals surface area contributed by atoms with Crippen LogP contribution in [0, 0.1) is 0 Å². The highest BCUT2D eigenvalue weighted by Crippen LogP contribution is 2.59. The van der Waals surface area contributed by atoms with E-state index in [9.17, 15) is 14.5 Å². The van der Waals surface area contributed by atoms with Crippen molar-refractivity contribution in [3.8, 4) is 0 Å². The number of hydrogen-bond donors (Lipinski definition) is 1. The van der Waals surface area contributed by atoms with Gasteiger partial charge < -0.3 is 18.9 Å². The monoisotopic (exact) mass is 303 g/mol. The highest BCUT2D eigenvalue weighted by Gasteiger charge is 2.56. The van der Waals surface area contributed by atoms with Crippen molar-refractivity contribution >= 4 is 13.6 Å². The highest BCUT2D eigenvalue weighted by molar-refractivity contribution is 7.56.